The first kappa shape index (κ1) is 26.7. The van der Waals surface area contributed by atoms with Crippen LogP contribution >= 0.6 is 0 Å². The van der Waals surface area contributed by atoms with Crippen molar-refractivity contribution >= 4 is 20.2 Å². The zero-order chi connectivity index (χ0) is 25.1. The fourth-order valence-electron chi connectivity index (χ4n) is 3.49. The van der Waals surface area contributed by atoms with Gasteiger partial charge in [-0.15, -0.1) is 0 Å². The average molecular weight is 517 g/mol. The van der Waals surface area contributed by atoms with Crippen LogP contribution in [0.3, 0.4) is 0 Å². The highest BCUT2D eigenvalue weighted by molar-refractivity contribution is 7.87. The van der Waals surface area contributed by atoms with Crippen molar-refractivity contribution < 1.29 is 44.5 Å². The minimum absolute atomic E-state index is 0.111. The first-order valence-corrected chi connectivity index (χ1v) is 13.2. The minimum atomic E-state index is -4.36. The highest BCUT2D eigenvalue weighted by atomic mass is 32.2. The van der Waals surface area contributed by atoms with E-state index in [4.69, 9.17) is 22.6 Å². The van der Waals surface area contributed by atoms with Crippen LogP contribution in [0.4, 0.5) is 0 Å². The summed E-state index contributed by atoms with van der Waals surface area (Å²) in [6, 6.07) is 11.9. The maximum absolute atomic E-state index is 13.0. The van der Waals surface area contributed by atoms with Gasteiger partial charge in [0.2, 0.25) is 0 Å². The Bertz CT molecular complexity index is 1160. The molecule has 0 amide bonds. The zero-order valence-corrected chi connectivity index (χ0v) is 20.8. The highest BCUT2D eigenvalue weighted by Crippen LogP contribution is 2.31. The molecule has 12 heteroatoms. The van der Waals surface area contributed by atoms with E-state index in [1.165, 1.54) is 38.5 Å². The molecule has 0 aliphatic carbocycles. The lowest BCUT2D eigenvalue weighted by atomic mass is 9.99. The predicted octanol–water partition coefficient (Wildman–Crippen LogP) is 1.53. The fraction of sp³-hybridized carbons (Fsp3) is 0.455. The van der Waals surface area contributed by atoms with Crippen LogP contribution in [0.15, 0.2) is 58.3 Å². The highest BCUT2D eigenvalue weighted by Gasteiger charge is 2.51. The topological polar surface area (TPSA) is 135 Å². The Morgan fingerprint density at radius 1 is 0.765 bits per heavy atom. The van der Waals surface area contributed by atoms with Crippen molar-refractivity contribution in [2.45, 2.75) is 54.3 Å². The van der Waals surface area contributed by atoms with E-state index in [2.05, 4.69) is 0 Å². The third-order valence-electron chi connectivity index (χ3n) is 5.31. The Kier molecular flexibility index (Phi) is 8.47. The van der Waals surface area contributed by atoms with Gasteiger partial charge in [0.1, 0.15) is 18.3 Å². The minimum Gasteiger partial charge on any atom is -0.382 e. The van der Waals surface area contributed by atoms with E-state index in [0.29, 0.717) is 0 Å². The number of ether oxygens (including phenoxy) is 3. The second kappa shape index (κ2) is 10.8. The summed E-state index contributed by atoms with van der Waals surface area (Å²) in [5.74, 6) is 0. The Balaban J connectivity index is 1.93. The monoisotopic (exact) mass is 516 g/mol. The zero-order valence-electron chi connectivity index (χ0n) is 19.2. The van der Waals surface area contributed by atoms with Crippen LogP contribution < -0.4 is 0 Å². The molecule has 1 aliphatic rings. The van der Waals surface area contributed by atoms with Crippen molar-refractivity contribution in [1.29, 1.82) is 0 Å². The van der Waals surface area contributed by atoms with E-state index >= 15 is 0 Å². The van der Waals surface area contributed by atoms with Crippen molar-refractivity contribution in [3.63, 3.8) is 0 Å². The van der Waals surface area contributed by atoms with Crippen molar-refractivity contribution in [2.24, 2.45) is 0 Å². The van der Waals surface area contributed by atoms with Crippen LogP contribution in [0.2, 0.25) is 0 Å². The van der Waals surface area contributed by atoms with Crippen molar-refractivity contribution in [1.82, 2.24) is 0 Å². The molecule has 1 fully saturated rings. The van der Waals surface area contributed by atoms with E-state index in [1.54, 1.807) is 38.1 Å². The van der Waals surface area contributed by atoms with Gasteiger partial charge in [0, 0.05) is 14.2 Å². The van der Waals surface area contributed by atoms with Crippen LogP contribution in [-0.4, -0.2) is 73.5 Å². The van der Waals surface area contributed by atoms with E-state index in [0.717, 1.165) is 11.1 Å². The molecule has 1 saturated heterocycles. The Hall–Kier alpha value is -1.90. The summed E-state index contributed by atoms with van der Waals surface area (Å²) >= 11 is 0. The second-order valence-electron chi connectivity index (χ2n) is 7.88. The van der Waals surface area contributed by atoms with Gasteiger partial charge in [0.25, 0.3) is 20.2 Å². The number of aryl methyl sites for hydroxylation is 2. The molecule has 2 aromatic rings. The van der Waals surface area contributed by atoms with Gasteiger partial charge >= 0.3 is 0 Å². The molecule has 0 aromatic heterocycles. The molecular formula is C22H28O10S2. The number of hydrogen-bond acceptors (Lipinski definition) is 10. The largest absolute Gasteiger partial charge is 0.382 e. The van der Waals surface area contributed by atoms with Gasteiger partial charge in [0.15, 0.2) is 12.4 Å². The summed E-state index contributed by atoms with van der Waals surface area (Å²) in [7, 11) is -6.10. The van der Waals surface area contributed by atoms with Gasteiger partial charge in [-0.05, 0) is 38.1 Å². The van der Waals surface area contributed by atoms with E-state index in [-0.39, 0.29) is 16.4 Å². The molecular weight excluding hydrogens is 488 g/mol. The first-order valence-electron chi connectivity index (χ1n) is 10.3. The van der Waals surface area contributed by atoms with Crippen LogP contribution in [-0.2, 0) is 42.8 Å². The van der Waals surface area contributed by atoms with Crippen LogP contribution in [0.5, 0.6) is 0 Å². The number of benzene rings is 2. The first-order chi connectivity index (χ1) is 16.0. The van der Waals surface area contributed by atoms with E-state index in [9.17, 15) is 21.9 Å². The lowest BCUT2D eigenvalue weighted by molar-refractivity contribution is -0.280. The third-order valence-corrected chi connectivity index (χ3v) is 7.96. The van der Waals surface area contributed by atoms with Crippen molar-refractivity contribution in [3.05, 3.63) is 59.7 Å². The number of hydrogen-bond donors (Lipinski definition) is 1. The second-order valence-corrected chi connectivity index (χ2v) is 11.0. The van der Waals surface area contributed by atoms with Gasteiger partial charge in [0.05, 0.1) is 16.4 Å². The fourth-order valence-corrected chi connectivity index (χ4v) is 5.68. The Morgan fingerprint density at radius 2 is 1.21 bits per heavy atom. The Morgan fingerprint density at radius 3 is 1.62 bits per heavy atom. The molecule has 0 saturated carbocycles. The summed E-state index contributed by atoms with van der Waals surface area (Å²) in [4.78, 5) is -0.260. The molecule has 1 aliphatic heterocycles. The number of methoxy groups -OCH3 is 2. The van der Waals surface area contributed by atoms with Gasteiger partial charge < -0.3 is 19.3 Å². The third kappa shape index (κ3) is 6.01. The van der Waals surface area contributed by atoms with Gasteiger partial charge in [-0.25, -0.2) is 0 Å². The molecule has 188 valence electrons. The van der Waals surface area contributed by atoms with Gasteiger partial charge in [-0.1, -0.05) is 35.4 Å². The molecule has 0 bridgehead atoms. The summed E-state index contributed by atoms with van der Waals surface area (Å²) in [5, 5.41) is 10.5. The predicted molar refractivity (Wildman–Crippen MR) is 120 cm³/mol. The van der Waals surface area contributed by atoms with Crippen LogP contribution in [0.1, 0.15) is 11.1 Å². The van der Waals surface area contributed by atoms with Crippen molar-refractivity contribution in [3.8, 4) is 0 Å². The molecule has 0 radical (unpaired) electrons. The van der Waals surface area contributed by atoms with E-state index < -0.39 is 50.9 Å². The molecule has 34 heavy (non-hydrogen) atoms. The lowest BCUT2D eigenvalue weighted by Crippen LogP contribution is -2.61. The number of aliphatic hydroxyl groups excluding tert-OH is 1. The quantitative estimate of drug-likeness (QED) is 0.489. The normalized spacial score (nSPS) is 25.9. The molecule has 0 spiro atoms. The SMILES string of the molecule is COC[C@H]1O[C@@H](O)[C@H](OS(=O)(=O)c2ccc(C)cc2)[C@@H](OC)[C@@H]1OS(=O)(=O)c1ccc(C)cc1. The maximum atomic E-state index is 13.0. The molecule has 5 atom stereocenters. The molecule has 0 unspecified atom stereocenters. The van der Waals surface area contributed by atoms with Gasteiger partial charge in [-0.2, -0.15) is 16.8 Å². The van der Waals surface area contributed by atoms with Gasteiger partial charge in [-0.3, -0.25) is 8.37 Å². The summed E-state index contributed by atoms with van der Waals surface area (Å²) in [6.45, 7) is 3.44. The molecule has 2 aromatic carbocycles. The van der Waals surface area contributed by atoms with Crippen LogP contribution in [0, 0.1) is 13.8 Å². The standard InChI is InChI=1S/C22H28O10S2/c1-14-5-9-16(10-6-14)33(24,25)31-19-18(13-28-3)30-22(23)21(20(19)29-4)32-34(26,27)17-11-7-15(2)8-12-17/h5-12,18-23H,13H2,1-4H3/t18-,19-,20+,21-,22-/m1/s1. The maximum Gasteiger partial charge on any atom is 0.297 e. The Labute approximate surface area is 199 Å². The van der Waals surface area contributed by atoms with Crippen LogP contribution in [0.25, 0.3) is 0 Å². The summed E-state index contributed by atoms with van der Waals surface area (Å²) < 4.78 is 78.2. The summed E-state index contributed by atoms with van der Waals surface area (Å²) in [6.07, 6.45) is -7.23. The smallest absolute Gasteiger partial charge is 0.297 e. The molecule has 1 heterocycles. The van der Waals surface area contributed by atoms with E-state index in [1.807, 2.05) is 0 Å². The average Bonchev–Trinajstić information content (AvgIpc) is 2.77. The molecule has 1 N–H and O–H groups in total. The molecule has 3 rings (SSSR count). The molecule has 10 nitrogen and oxygen atoms in total. The number of rotatable bonds is 9. The van der Waals surface area contributed by atoms with Crippen molar-refractivity contribution in [2.75, 3.05) is 20.8 Å². The summed E-state index contributed by atoms with van der Waals surface area (Å²) in [5.41, 5.74) is 1.69. The number of aliphatic hydroxyl groups is 1. The lowest BCUT2D eigenvalue weighted by Gasteiger charge is -2.42.